The SMILES string of the molecule is O=C(OCCn1ccnc1)c1cccc2ccccc12. The van der Waals surface area contributed by atoms with Crippen molar-refractivity contribution in [2.24, 2.45) is 0 Å². The Hall–Kier alpha value is -2.62. The van der Waals surface area contributed by atoms with Crippen LogP contribution in [0, 0.1) is 0 Å². The monoisotopic (exact) mass is 266 g/mol. The lowest BCUT2D eigenvalue weighted by molar-refractivity contribution is 0.0493. The maximum Gasteiger partial charge on any atom is 0.338 e. The molecular formula is C16H14N2O2. The zero-order chi connectivity index (χ0) is 13.8. The standard InChI is InChI=1S/C16H14N2O2/c19-16(20-11-10-18-9-8-17-12-18)15-7-3-5-13-4-1-2-6-14(13)15/h1-9,12H,10-11H2. The Bertz CT molecular complexity index is 715. The van der Waals surface area contributed by atoms with E-state index in [0.29, 0.717) is 18.7 Å². The lowest BCUT2D eigenvalue weighted by atomic mass is 10.1. The van der Waals surface area contributed by atoms with Crippen LogP contribution >= 0.6 is 0 Å². The quantitative estimate of drug-likeness (QED) is 0.682. The third-order valence-electron chi connectivity index (χ3n) is 3.15. The molecule has 0 aliphatic carbocycles. The third kappa shape index (κ3) is 2.54. The molecule has 20 heavy (non-hydrogen) atoms. The van der Waals surface area contributed by atoms with Crippen LogP contribution in [-0.4, -0.2) is 22.1 Å². The maximum absolute atomic E-state index is 12.1. The van der Waals surface area contributed by atoms with Gasteiger partial charge in [-0.05, 0) is 16.8 Å². The first kappa shape index (κ1) is 12.4. The lowest BCUT2D eigenvalue weighted by Crippen LogP contribution is -2.11. The molecule has 1 heterocycles. The third-order valence-corrected chi connectivity index (χ3v) is 3.15. The van der Waals surface area contributed by atoms with Gasteiger partial charge in [0.2, 0.25) is 0 Å². The smallest absolute Gasteiger partial charge is 0.338 e. The van der Waals surface area contributed by atoms with Crippen molar-refractivity contribution in [1.29, 1.82) is 0 Å². The fourth-order valence-corrected chi connectivity index (χ4v) is 2.14. The fraction of sp³-hybridized carbons (Fsp3) is 0.125. The molecule has 0 unspecified atom stereocenters. The van der Waals surface area contributed by atoms with Gasteiger partial charge >= 0.3 is 5.97 Å². The summed E-state index contributed by atoms with van der Waals surface area (Å²) in [5.41, 5.74) is 0.605. The number of imidazole rings is 1. The molecule has 0 aliphatic heterocycles. The van der Waals surface area contributed by atoms with E-state index in [-0.39, 0.29) is 5.97 Å². The van der Waals surface area contributed by atoms with Gasteiger partial charge in [-0.15, -0.1) is 0 Å². The molecule has 100 valence electrons. The number of hydrogen-bond donors (Lipinski definition) is 0. The molecule has 0 fully saturated rings. The Labute approximate surface area is 116 Å². The summed E-state index contributed by atoms with van der Waals surface area (Å²) >= 11 is 0. The number of esters is 1. The minimum Gasteiger partial charge on any atom is -0.460 e. The number of carbonyl (C=O) groups excluding carboxylic acids is 1. The predicted molar refractivity (Wildman–Crippen MR) is 76.5 cm³/mol. The Kier molecular flexibility index (Phi) is 3.46. The molecule has 0 N–H and O–H groups in total. The number of hydrogen-bond acceptors (Lipinski definition) is 3. The van der Waals surface area contributed by atoms with E-state index in [4.69, 9.17) is 4.74 Å². The predicted octanol–water partition coefficient (Wildman–Crippen LogP) is 2.89. The Morgan fingerprint density at radius 1 is 1.15 bits per heavy atom. The summed E-state index contributed by atoms with van der Waals surface area (Å²) in [7, 11) is 0. The molecule has 0 aliphatic rings. The summed E-state index contributed by atoms with van der Waals surface area (Å²) in [4.78, 5) is 16.1. The Morgan fingerprint density at radius 2 is 2.00 bits per heavy atom. The molecule has 4 heteroatoms. The van der Waals surface area contributed by atoms with Crippen molar-refractivity contribution in [1.82, 2.24) is 9.55 Å². The number of ether oxygens (including phenoxy) is 1. The molecule has 4 nitrogen and oxygen atoms in total. The van der Waals surface area contributed by atoms with Crippen LogP contribution in [0.3, 0.4) is 0 Å². The first-order valence-corrected chi connectivity index (χ1v) is 6.45. The Morgan fingerprint density at radius 3 is 2.85 bits per heavy atom. The summed E-state index contributed by atoms with van der Waals surface area (Å²) in [5.74, 6) is -0.290. The van der Waals surface area contributed by atoms with Gasteiger partial charge in [-0.2, -0.15) is 0 Å². The number of aromatic nitrogens is 2. The van der Waals surface area contributed by atoms with Gasteiger partial charge in [-0.25, -0.2) is 9.78 Å². The molecular weight excluding hydrogens is 252 g/mol. The average molecular weight is 266 g/mol. The van der Waals surface area contributed by atoms with Crippen molar-refractivity contribution >= 4 is 16.7 Å². The molecule has 0 amide bonds. The van der Waals surface area contributed by atoms with Gasteiger partial charge < -0.3 is 9.30 Å². The van der Waals surface area contributed by atoms with Gasteiger partial charge in [0, 0.05) is 12.4 Å². The van der Waals surface area contributed by atoms with E-state index in [2.05, 4.69) is 4.98 Å². The molecule has 0 radical (unpaired) electrons. The summed E-state index contributed by atoms with van der Waals surface area (Å²) in [6.07, 6.45) is 5.24. The molecule has 0 bridgehead atoms. The second-order valence-electron chi connectivity index (χ2n) is 4.46. The van der Waals surface area contributed by atoms with Gasteiger partial charge in [-0.3, -0.25) is 0 Å². The number of rotatable bonds is 4. The molecule has 0 spiro atoms. The van der Waals surface area contributed by atoms with E-state index in [9.17, 15) is 4.79 Å². The lowest BCUT2D eigenvalue weighted by Gasteiger charge is -2.07. The minimum absolute atomic E-state index is 0.290. The van der Waals surface area contributed by atoms with Crippen molar-refractivity contribution in [2.75, 3.05) is 6.61 Å². The Balaban J connectivity index is 1.72. The second-order valence-corrected chi connectivity index (χ2v) is 4.46. The van der Waals surface area contributed by atoms with Crippen LogP contribution in [0.25, 0.3) is 10.8 Å². The van der Waals surface area contributed by atoms with Gasteiger partial charge in [-0.1, -0.05) is 36.4 Å². The van der Waals surface area contributed by atoms with Crippen molar-refractivity contribution in [3.05, 3.63) is 66.7 Å². The highest BCUT2D eigenvalue weighted by Gasteiger charge is 2.10. The second kappa shape index (κ2) is 5.57. The van der Waals surface area contributed by atoms with Gasteiger partial charge in [0.25, 0.3) is 0 Å². The van der Waals surface area contributed by atoms with E-state index in [1.54, 1.807) is 18.6 Å². The summed E-state index contributed by atoms with van der Waals surface area (Å²) in [5, 5.41) is 1.96. The average Bonchev–Trinajstić information content (AvgIpc) is 3.00. The highest BCUT2D eigenvalue weighted by Crippen LogP contribution is 2.19. The fourth-order valence-electron chi connectivity index (χ4n) is 2.14. The van der Waals surface area contributed by atoms with Crippen LogP contribution in [0.5, 0.6) is 0 Å². The van der Waals surface area contributed by atoms with Crippen LogP contribution in [0.2, 0.25) is 0 Å². The molecule has 0 saturated heterocycles. The van der Waals surface area contributed by atoms with E-state index in [0.717, 1.165) is 10.8 Å². The van der Waals surface area contributed by atoms with Gasteiger partial charge in [0.1, 0.15) is 6.61 Å². The highest BCUT2D eigenvalue weighted by molar-refractivity contribution is 6.04. The van der Waals surface area contributed by atoms with Crippen LogP contribution < -0.4 is 0 Å². The number of carbonyl (C=O) groups is 1. The molecule has 3 aromatic rings. The van der Waals surface area contributed by atoms with Gasteiger partial charge in [0.15, 0.2) is 0 Å². The van der Waals surface area contributed by atoms with Crippen molar-refractivity contribution < 1.29 is 9.53 Å². The zero-order valence-electron chi connectivity index (χ0n) is 10.9. The maximum atomic E-state index is 12.1. The van der Waals surface area contributed by atoms with Crippen LogP contribution in [0.1, 0.15) is 10.4 Å². The number of fused-ring (bicyclic) bond motifs is 1. The molecule has 3 rings (SSSR count). The van der Waals surface area contributed by atoms with Gasteiger partial charge in [0.05, 0.1) is 18.4 Å². The molecule has 2 aromatic carbocycles. The van der Waals surface area contributed by atoms with Crippen molar-refractivity contribution in [3.63, 3.8) is 0 Å². The van der Waals surface area contributed by atoms with E-state index >= 15 is 0 Å². The van der Waals surface area contributed by atoms with Crippen LogP contribution in [-0.2, 0) is 11.3 Å². The first-order valence-electron chi connectivity index (χ1n) is 6.45. The topological polar surface area (TPSA) is 44.1 Å². The largest absolute Gasteiger partial charge is 0.460 e. The minimum atomic E-state index is -0.290. The van der Waals surface area contributed by atoms with Crippen LogP contribution in [0.15, 0.2) is 61.2 Å². The van der Waals surface area contributed by atoms with E-state index in [1.807, 2.05) is 47.2 Å². The van der Waals surface area contributed by atoms with Crippen molar-refractivity contribution in [3.8, 4) is 0 Å². The first-order chi connectivity index (χ1) is 9.84. The summed E-state index contributed by atoms with van der Waals surface area (Å²) < 4.78 is 7.19. The van der Waals surface area contributed by atoms with Crippen molar-refractivity contribution in [2.45, 2.75) is 6.54 Å². The summed E-state index contributed by atoms with van der Waals surface area (Å²) in [6, 6.07) is 13.4. The zero-order valence-corrected chi connectivity index (χ0v) is 10.9. The molecule has 1 aromatic heterocycles. The molecule has 0 saturated carbocycles. The summed E-state index contributed by atoms with van der Waals surface area (Å²) in [6.45, 7) is 0.939. The van der Waals surface area contributed by atoms with Crippen LogP contribution in [0.4, 0.5) is 0 Å². The highest BCUT2D eigenvalue weighted by atomic mass is 16.5. The normalized spacial score (nSPS) is 10.6. The van der Waals surface area contributed by atoms with E-state index < -0.39 is 0 Å². The van der Waals surface area contributed by atoms with E-state index in [1.165, 1.54) is 0 Å². The number of nitrogens with zero attached hydrogens (tertiary/aromatic N) is 2. The molecule has 0 atom stereocenters. The number of benzene rings is 2.